The second-order valence-corrected chi connectivity index (χ2v) is 11.8. The van der Waals surface area contributed by atoms with Gasteiger partial charge in [-0.2, -0.15) is 0 Å². The summed E-state index contributed by atoms with van der Waals surface area (Å²) in [6.07, 6.45) is 10.7. The van der Waals surface area contributed by atoms with Gasteiger partial charge in [0.2, 0.25) is 0 Å². The van der Waals surface area contributed by atoms with E-state index in [0.717, 1.165) is 37.5 Å². The van der Waals surface area contributed by atoms with Crippen molar-refractivity contribution in [2.24, 2.45) is 59.2 Å². The van der Waals surface area contributed by atoms with Gasteiger partial charge in [-0.15, -0.1) is 0 Å². The SMILES string of the molecule is CCC(C)C(=O)OC1CC2CC1C1C3CC(CC3C(=O)OCOC3CC4CCC3C4)C21. The number of hydrogen-bond acceptors (Lipinski definition) is 5. The summed E-state index contributed by atoms with van der Waals surface area (Å²) >= 11 is 0. The molecular weight excluding hydrogens is 392 g/mol. The minimum atomic E-state index is -0.0370. The second-order valence-electron chi connectivity index (χ2n) is 11.8. The van der Waals surface area contributed by atoms with Crippen LogP contribution in [-0.2, 0) is 23.8 Å². The summed E-state index contributed by atoms with van der Waals surface area (Å²) in [4.78, 5) is 25.4. The standard InChI is InChI=1S/C26H38O5/c1-3-13(2)25(27)31-22-11-17-10-20(22)24-18-8-16(23(17)24)9-19(18)26(28)30-12-29-21-7-14-4-5-15(21)6-14/h13-24H,3-12H2,1-2H3. The molecule has 0 spiro atoms. The van der Waals surface area contributed by atoms with Crippen LogP contribution in [0.2, 0.25) is 0 Å². The summed E-state index contributed by atoms with van der Waals surface area (Å²) in [5.74, 6) is 5.01. The van der Waals surface area contributed by atoms with Crippen molar-refractivity contribution in [2.75, 3.05) is 6.79 Å². The summed E-state index contributed by atoms with van der Waals surface area (Å²) < 4.78 is 17.6. The summed E-state index contributed by atoms with van der Waals surface area (Å²) in [5.41, 5.74) is 0. The van der Waals surface area contributed by atoms with Gasteiger partial charge in [-0.3, -0.25) is 9.59 Å². The van der Waals surface area contributed by atoms with E-state index in [4.69, 9.17) is 14.2 Å². The smallest absolute Gasteiger partial charge is 0.311 e. The largest absolute Gasteiger partial charge is 0.462 e. The first kappa shape index (κ1) is 20.5. The lowest BCUT2D eigenvalue weighted by molar-refractivity contribution is -0.173. The molecule has 6 fully saturated rings. The molecule has 12 atom stereocenters. The monoisotopic (exact) mass is 430 g/mol. The molecule has 0 heterocycles. The maximum atomic E-state index is 13.0. The number of hydrogen-bond donors (Lipinski definition) is 0. The maximum absolute atomic E-state index is 13.0. The van der Waals surface area contributed by atoms with Crippen LogP contribution < -0.4 is 0 Å². The highest BCUT2D eigenvalue weighted by Crippen LogP contribution is 2.69. The molecule has 0 aromatic heterocycles. The summed E-state index contributed by atoms with van der Waals surface area (Å²) in [7, 11) is 0. The van der Waals surface area contributed by atoms with Crippen LogP contribution in [-0.4, -0.2) is 30.9 Å². The quantitative estimate of drug-likeness (QED) is 0.336. The number of esters is 2. The molecule has 31 heavy (non-hydrogen) atoms. The minimum Gasteiger partial charge on any atom is -0.462 e. The highest BCUT2D eigenvalue weighted by atomic mass is 16.7. The molecule has 0 saturated heterocycles. The van der Waals surface area contributed by atoms with Gasteiger partial charge in [0.05, 0.1) is 17.9 Å². The minimum absolute atomic E-state index is 0.0206. The molecule has 6 bridgehead atoms. The van der Waals surface area contributed by atoms with Crippen molar-refractivity contribution in [3.05, 3.63) is 0 Å². The van der Waals surface area contributed by atoms with E-state index in [-0.39, 0.29) is 36.7 Å². The zero-order valence-electron chi connectivity index (χ0n) is 19.0. The fraction of sp³-hybridized carbons (Fsp3) is 0.923. The first-order chi connectivity index (χ1) is 15.0. The molecular formula is C26H38O5. The van der Waals surface area contributed by atoms with Gasteiger partial charge in [0.15, 0.2) is 6.79 Å². The Morgan fingerprint density at radius 2 is 1.68 bits per heavy atom. The van der Waals surface area contributed by atoms with Crippen LogP contribution in [0.5, 0.6) is 0 Å². The molecule has 12 unspecified atom stereocenters. The maximum Gasteiger partial charge on any atom is 0.311 e. The number of ether oxygens (including phenoxy) is 3. The van der Waals surface area contributed by atoms with Gasteiger partial charge < -0.3 is 14.2 Å². The molecule has 0 aliphatic heterocycles. The molecule has 172 valence electrons. The van der Waals surface area contributed by atoms with Gasteiger partial charge >= 0.3 is 11.9 Å². The molecule has 0 aromatic rings. The van der Waals surface area contributed by atoms with Gasteiger partial charge in [-0.25, -0.2) is 0 Å². The lowest BCUT2D eigenvalue weighted by Crippen LogP contribution is -2.42. The third-order valence-electron chi connectivity index (χ3n) is 10.5. The van der Waals surface area contributed by atoms with E-state index in [1.807, 2.05) is 13.8 Å². The van der Waals surface area contributed by atoms with E-state index in [1.54, 1.807) is 0 Å². The molecule has 0 amide bonds. The lowest BCUT2D eigenvalue weighted by atomic mass is 9.67. The normalized spacial score (nSPS) is 49.4. The first-order valence-corrected chi connectivity index (χ1v) is 13.0. The van der Waals surface area contributed by atoms with Crippen molar-refractivity contribution in [1.29, 1.82) is 0 Å². The van der Waals surface area contributed by atoms with Crippen LogP contribution in [0.25, 0.3) is 0 Å². The van der Waals surface area contributed by atoms with Crippen molar-refractivity contribution >= 4 is 11.9 Å². The summed E-state index contributed by atoms with van der Waals surface area (Å²) in [6.45, 7) is 4.13. The zero-order chi connectivity index (χ0) is 21.3. The molecule has 5 nitrogen and oxygen atoms in total. The van der Waals surface area contributed by atoms with Crippen molar-refractivity contribution in [1.82, 2.24) is 0 Å². The summed E-state index contributed by atoms with van der Waals surface area (Å²) in [5, 5.41) is 0. The van der Waals surface area contributed by atoms with Crippen LogP contribution in [0.3, 0.4) is 0 Å². The van der Waals surface area contributed by atoms with Gasteiger partial charge in [-0.05, 0) is 105 Å². The van der Waals surface area contributed by atoms with E-state index >= 15 is 0 Å². The van der Waals surface area contributed by atoms with Crippen LogP contribution in [0.4, 0.5) is 0 Å². The second kappa shape index (κ2) is 7.74. The zero-order valence-corrected chi connectivity index (χ0v) is 19.0. The highest BCUT2D eigenvalue weighted by Gasteiger charge is 2.66. The molecule has 0 N–H and O–H groups in total. The molecule has 0 aromatic carbocycles. The fourth-order valence-corrected chi connectivity index (χ4v) is 9.06. The van der Waals surface area contributed by atoms with Crippen LogP contribution >= 0.6 is 0 Å². The van der Waals surface area contributed by atoms with Gasteiger partial charge in [0, 0.05) is 0 Å². The van der Waals surface area contributed by atoms with Crippen molar-refractivity contribution in [3.8, 4) is 0 Å². The topological polar surface area (TPSA) is 61.8 Å². The van der Waals surface area contributed by atoms with E-state index in [0.29, 0.717) is 41.6 Å². The Hall–Kier alpha value is -1.10. The predicted octanol–water partition coefficient (Wildman–Crippen LogP) is 4.58. The van der Waals surface area contributed by atoms with Crippen LogP contribution in [0, 0.1) is 59.2 Å². The van der Waals surface area contributed by atoms with Crippen LogP contribution in [0.1, 0.15) is 71.6 Å². The van der Waals surface area contributed by atoms with Crippen molar-refractivity contribution in [2.45, 2.75) is 83.8 Å². The Kier molecular flexibility index (Phi) is 5.12. The Labute approximate surface area is 185 Å². The Balaban J connectivity index is 1.05. The lowest BCUT2D eigenvalue weighted by Gasteiger charge is -2.40. The molecule has 6 aliphatic carbocycles. The number of fused-ring (bicyclic) bond motifs is 11. The predicted molar refractivity (Wildman–Crippen MR) is 114 cm³/mol. The van der Waals surface area contributed by atoms with Crippen LogP contribution in [0.15, 0.2) is 0 Å². The van der Waals surface area contributed by atoms with E-state index in [2.05, 4.69) is 0 Å². The van der Waals surface area contributed by atoms with E-state index < -0.39 is 0 Å². The number of carbonyl (C=O) groups excluding carboxylic acids is 2. The molecule has 0 radical (unpaired) electrons. The number of rotatable bonds is 7. The Morgan fingerprint density at radius 3 is 2.42 bits per heavy atom. The highest BCUT2D eigenvalue weighted by molar-refractivity contribution is 5.74. The summed E-state index contributed by atoms with van der Waals surface area (Å²) in [6, 6.07) is 0. The molecule has 5 heteroatoms. The third kappa shape index (κ3) is 3.28. The first-order valence-electron chi connectivity index (χ1n) is 13.0. The average molecular weight is 431 g/mol. The Bertz CT molecular complexity index is 735. The third-order valence-corrected chi connectivity index (χ3v) is 10.5. The molecule has 6 rings (SSSR count). The van der Waals surface area contributed by atoms with Gasteiger partial charge in [-0.1, -0.05) is 13.8 Å². The van der Waals surface area contributed by atoms with Gasteiger partial charge in [0.1, 0.15) is 6.10 Å². The van der Waals surface area contributed by atoms with E-state index in [9.17, 15) is 9.59 Å². The van der Waals surface area contributed by atoms with E-state index in [1.165, 1.54) is 32.1 Å². The average Bonchev–Trinajstić information content (AvgIpc) is 3.59. The van der Waals surface area contributed by atoms with Crippen molar-refractivity contribution < 1.29 is 23.8 Å². The number of carbonyl (C=O) groups is 2. The molecule has 6 aliphatic rings. The van der Waals surface area contributed by atoms with Gasteiger partial charge in [0.25, 0.3) is 0 Å². The Morgan fingerprint density at radius 1 is 0.871 bits per heavy atom. The van der Waals surface area contributed by atoms with Crippen molar-refractivity contribution in [3.63, 3.8) is 0 Å². The fourth-order valence-electron chi connectivity index (χ4n) is 9.06. The molecule has 6 saturated carbocycles.